The molecule has 1 fully saturated rings. The molecule has 0 unspecified atom stereocenters. The number of nitrogens with zero attached hydrogens (tertiary/aromatic N) is 2. The number of benzene rings is 1. The average Bonchev–Trinajstić information content (AvgIpc) is 3.39. The standard InChI is InChI=1S/C26H34N2O5/c1-3-4-5-6-7-25(29)28(21-10-11-21)17-26(30)27(16-22-12-8-19(2)33-22)15-20-9-13-23-24(14-20)32-18-31-23/h8-9,12-14,21H,3-7,10-11,15-18H2,1-2H3. The number of hydrogen-bond acceptors (Lipinski definition) is 5. The van der Waals surface area contributed by atoms with Crippen LogP contribution in [0.1, 0.15) is 69.0 Å². The number of fused-ring (bicyclic) bond motifs is 1. The predicted molar refractivity (Wildman–Crippen MR) is 124 cm³/mol. The van der Waals surface area contributed by atoms with Crippen LogP contribution in [0.3, 0.4) is 0 Å². The van der Waals surface area contributed by atoms with Crippen LogP contribution in [0.4, 0.5) is 0 Å². The summed E-state index contributed by atoms with van der Waals surface area (Å²) in [6, 6.07) is 9.72. The molecule has 0 atom stereocenters. The molecule has 33 heavy (non-hydrogen) atoms. The van der Waals surface area contributed by atoms with E-state index in [2.05, 4.69) is 6.92 Å². The van der Waals surface area contributed by atoms with Gasteiger partial charge in [0, 0.05) is 19.0 Å². The van der Waals surface area contributed by atoms with Gasteiger partial charge in [0.15, 0.2) is 11.5 Å². The van der Waals surface area contributed by atoms with Crippen molar-refractivity contribution < 1.29 is 23.5 Å². The van der Waals surface area contributed by atoms with E-state index in [1.54, 1.807) is 9.80 Å². The van der Waals surface area contributed by atoms with Crippen molar-refractivity contribution in [2.45, 2.75) is 77.9 Å². The molecule has 4 rings (SSSR count). The van der Waals surface area contributed by atoms with Gasteiger partial charge in [0.1, 0.15) is 18.1 Å². The first-order chi connectivity index (χ1) is 16.0. The molecule has 178 valence electrons. The zero-order valence-corrected chi connectivity index (χ0v) is 19.7. The molecule has 0 bridgehead atoms. The summed E-state index contributed by atoms with van der Waals surface area (Å²) >= 11 is 0. The second kappa shape index (κ2) is 10.8. The molecule has 0 saturated heterocycles. The highest BCUT2D eigenvalue weighted by atomic mass is 16.7. The van der Waals surface area contributed by atoms with Gasteiger partial charge in [-0.05, 0) is 56.0 Å². The average molecular weight is 455 g/mol. The quantitative estimate of drug-likeness (QED) is 0.431. The lowest BCUT2D eigenvalue weighted by Crippen LogP contribution is -2.43. The summed E-state index contributed by atoms with van der Waals surface area (Å²) in [7, 11) is 0. The largest absolute Gasteiger partial charge is 0.464 e. The smallest absolute Gasteiger partial charge is 0.242 e. The van der Waals surface area contributed by atoms with Crippen LogP contribution < -0.4 is 9.47 Å². The number of carbonyl (C=O) groups is 2. The highest BCUT2D eigenvalue weighted by Gasteiger charge is 2.34. The monoisotopic (exact) mass is 454 g/mol. The van der Waals surface area contributed by atoms with Crippen molar-refractivity contribution in [2.24, 2.45) is 0 Å². The lowest BCUT2D eigenvalue weighted by molar-refractivity contribution is -0.142. The van der Waals surface area contributed by atoms with Crippen LogP contribution in [-0.4, -0.2) is 41.0 Å². The van der Waals surface area contributed by atoms with Crippen molar-refractivity contribution in [2.75, 3.05) is 13.3 Å². The van der Waals surface area contributed by atoms with Crippen LogP contribution >= 0.6 is 0 Å². The van der Waals surface area contributed by atoms with Crippen molar-refractivity contribution in [3.05, 3.63) is 47.4 Å². The molecule has 0 radical (unpaired) electrons. The highest BCUT2D eigenvalue weighted by molar-refractivity contribution is 5.85. The maximum atomic E-state index is 13.5. The Bertz CT molecular complexity index is 965. The zero-order valence-electron chi connectivity index (χ0n) is 19.7. The first-order valence-corrected chi connectivity index (χ1v) is 12.0. The third-order valence-corrected chi connectivity index (χ3v) is 6.16. The molecular formula is C26H34N2O5. The van der Waals surface area contributed by atoms with Gasteiger partial charge in [0.05, 0.1) is 6.54 Å². The number of ether oxygens (including phenoxy) is 2. The number of hydrogen-bond donors (Lipinski definition) is 0. The van der Waals surface area contributed by atoms with Crippen molar-refractivity contribution in [1.29, 1.82) is 0 Å². The molecule has 1 aliphatic carbocycles. The molecule has 2 amide bonds. The minimum Gasteiger partial charge on any atom is -0.464 e. The minimum absolute atomic E-state index is 0.0736. The molecule has 7 heteroatoms. The van der Waals surface area contributed by atoms with Gasteiger partial charge in [-0.15, -0.1) is 0 Å². The Morgan fingerprint density at radius 1 is 0.970 bits per heavy atom. The summed E-state index contributed by atoms with van der Waals surface area (Å²) in [4.78, 5) is 29.9. The van der Waals surface area contributed by atoms with E-state index in [0.29, 0.717) is 31.0 Å². The topological polar surface area (TPSA) is 72.2 Å². The number of unbranched alkanes of at least 4 members (excludes halogenated alkanes) is 3. The Balaban J connectivity index is 1.45. The first-order valence-electron chi connectivity index (χ1n) is 12.0. The maximum absolute atomic E-state index is 13.5. The van der Waals surface area contributed by atoms with Crippen LogP contribution in [0.2, 0.25) is 0 Å². The third kappa shape index (κ3) is 6.30. The second-order valence-corrected chi connectivity index (χ2v) is 9.01. The zero-order chi connectivity index (χ0) is 23.2. The summed E-state index contributed by atoms with van der Waals surface area (Å²) in [5, 5.41) is 0. The molecule has 0 N–H and O–H groups in total. The molecule has 0 spiro atoms. The van der Waals surface area contributed by atoms with Gasteiger partial charge in [0.25, 0.3) is 0 Å². The van der Waals surface area contributed by atoms with E-state index >= 15 is 0 Å². The molecular weight excluding hydrogens is 420 g/mol. The van der Waals surface area contributed by atoms with Gasteiger partial charge in [-0.25, -0.2) is 0 Å². The maximum Gasteiger partial charge on any atom is 0.242 e. The Hall–Kier alpha value is -2.96. The normalized spacial score (nSPS) is 14.4. The predicted octanol–water partition coefficient (Wildman–Crippen LogP) is 4.81. The number of rotatable bonds is 12. The summed E-state index contributed by atoms with van der Waals surface area (Å²) < 4.78 is 16.6. The fourth-order valence-electron chi connectivity index (χ4n) is 4.15. The Kier molecular flexibility index (Phi) is 7.57. The van der Waals surface area contributed by atoms with Crippen molar-refractivity contribution in [1.82, 2.24) is 9.80 Å². The van der Waals surface area contributed by atoms with Crippen molar-refractivity contribution in [3.8, 4) is 11.5 Å². The molecule has 1 aromatic heterocycles. The molecule has 2 heterocycles. The van der Waals surface area contributed by atoms with Gasteiger partial charge in [-0.3, -0.25) is 9.59 Å². The number of aryl methyl sites for hydroxylation is 1. The van der Waals surface area contributed by atoms with E-state index < -0.39 is 0 Å². The number of carbonyl (C=O) groups excluding carboxylic acids is 2. The van der Waals surface area contributed by atoms with Gasteiger partial charge in [-0.2, -0.15) is 0 Å². The molecule has 2 aromatic rings. The van der Waals surface area contributed by atoms with E-state index in [1.165, 1.54) is 0 Å². The first kappa shape index (κ1) is 23.2. The summed E-state index contributed by atoms with van der Waals surface area (Å²) in [6.45, 7) is 5.12. The van der Waals surface area contributed by atoms with E-state index in [1.807, 2.05) is 37.3 Å². The lowest BCUT2D eigenvalue weighted by Gasteiger charge is -2.27. The SMILES string of the molecule is CCCCCCC(=O)N(CC(=O)N(Cc1ccc2c(c1)OCO2)Cc1ccc(C)o1)C1CC1. The summed E-state index contributed by atoms with van der Waals surface area (Å²) in [5.41, 5.74) is 0.944. The van der Waals surface area contributed by atoms with E-state index in [4.69, 9.17) is 13.9 Å². The third-order valence-electron chi connectivity index (χ3n) is 6.16. The summed E-state index contributed by atoms with van der Waals surface area (Å²) in [5.74, 6) is 2.96. The van der Waals surface area contributed by atoms with Gasteiger partial charge >= 0.3 is 0 Å². The molecule has 1 aromatic carbocycles. The summed E-state index contributed by atoms with van der Waals surface area (Å²) in [6.07, 6.45) is 6.70. The van der Waals surface area contributed by atoms with Gasteiger partial charge < -0.3 is 23.7 Å². The second-order valence-electron chi connectivity index (χ2n) is 9.01. The van der Waals surface area contributed by atoms with E-state index in [0.717, 1.165) is 55.6 Å². The highest BCUT2D eigenvalue weighted by Crippen LogP contribution is 2.33. The molecule has 7 nitrogen and oxygen atoms in total. The fourth-order valence-corrected chi connectivity index (χ4v) is 4.15. The van der Waals surface area contributed by atoms with E-state index in [-0.39, 0.29) is 31.2 Å². The molecule has 1 aliphatic heterocycles. The van der Waals surface area contributed by atoms with Crippen LogP contribution in [0, 0.1) is 6.92 Å². The van der Waals surface area contributed by atoms with Gasteiger partial charge in [0.2, 0.25) is 18.6 Å². The minimum atomic E-state index is -0.0736. The Morgan fingerprint density at radius 2 is 1.79 bits per heavy atom. The van der Waals surface area contributed by atoms with Crippen LogP contribution in [0.5, 0.6) is 11.5 Å². The number of amides is 2. The Labute approximate surface area is 195 Å². The van der Waals surface area contributed by atoms with Crippen molar-refractivity contribution >= 4 is 11.8 Å². The van der Waals surface area contributed by atoms with Gasteiger partial charge in [-0.1, -0.05) is 32.3 Å². The van der Waals surface area contributed by atoms with E-state index in [9.17, 15) is 9.59 Å². The number of furan rings is 1. The van der Waals surface area contributed by atoms with Crippen molar-refractivity contribution in [3.63, 3.8) is 0 Å². The van der Waals surface area contributed by atoms with Crippen LogP contribution in [0.15, 0.2) is 34.7 Å². The Morgan fingerprint density at radius 3 is 2.52 bits per heavy atom. The molecule has 2 aliphatic rings. The van der Waals surface area contributed by atoms with Crippen LogP contribution in [0.25, 0.3) is 0 Å². The fraction of sp³-hybridized carbons (Fsp3) is 0.538. The van der Waals surface area contributed by atoms with Crippen LogP contribution in [-0.2, 0) is 22.7 Å². The molecule has 1 saturated carbocycles. The lowest BCUT2D eigenvalue weighted by atomic mass is 10.1.